The Kier molecular flexibility index (Phi) is 10.2. The zero-order chi connectivity index (χ0) is 29.5. The van der Waals surface area contributed by atoms with Gasteiger partial charge in [0.25, 0.3) is 0 Å². The Balaban J connectivity index is 1.45. The van der Waals surface area contributed by atoms with Crippen molar-refractivity contribution in [1.82, 2.24) is 40.4 Å². The summed E-state index contributed by atoms with van der Waals surface area (Å²) in [7, 11) is 3.78. The molecule has 2 amide bonds. The number of benzene rings is 1. The van der Waals surface area contributed by atoms with Gasteiger partial charge in [-0.15, -0.1) is 0 Å². The highest BCUT2D eigenvalue weighted by Gasteiger charge is 2.34. The number of rotatable bonds is 13. The monoisotopic (exact) mass is 562 g/mol. The minimum absolute atomic E-state index is 0.00994. The minimum atomic E-state index is -0.765. The number of aldehydes is 1. The topological polar surface area (TPSA) is 136 Å². The summed E-state index contributed by atoms with van der Waals surface area (Å²) in [6.45, 7) is 6.38. The van der Waals surface area contributed by atoms with E-state index in [9.17, 15) is 14.4 Å². The Labute approximate surface area is 241 Å². The maximum atomic E-state index is 13.1. The van der Waals surface area contributed by atoms with E-state index in [1.807, 2.05) is 44.2 Å². The molecule has 11 heteroatoms. The molecule has 4 rings (SSSR count). The van der Waals surface area contributed by atoms with Gasteiger partial charge < -0.3 is 25.3 Å². The molecule has 11 nitrogen and oxygen atoms in total. The lowest BCUT2D eigenvalue weighted by Crippen LogP contribution is -2.51. The van der Waals surface area contributed by atoms with Crippen LogP contribution in [0.15, 0.2) is 36.7 Å². The van der Waals surface area contributed by atoms with Gasteiger partial charge in [-0.05, 0) is 46.2 Å². The molecule has 0 saturated carbocycles. The number of nitrogens with one attached hydrogen (secondary N) is 3. The fraction of sp³-hybridized carbons (Fsp3) is 0.533. The van der Waals surface area contributed by atoms with Crippen LogP contribution in [0.3, 0.4) is 0 Å². The third-order valence-electron chi connectivity index (χ3n) is 7.91. The summed E-state index contributed by atoms with van der Waals surface area (Å²) >= 11 is 0. The third kappa shape index (κ3) is 7.34. The number of hydrogen-bond donors (Lipinski definition) is 3. The van der Waals surface area contributed by atoms with Crippen molar-refractivity contribution in [2.75, 3.05) is 27.2 Å². The zero-order valence-corrected chi connectivity index (χ0v) is 24.6. The van der Waals surface area contributed by atoms with Crippen LogP contribution in [-0.4, -0.2) is 93.1 Å². The summed E-state index contributed by atoms with van der Waals surface area (Å²) in [5.41, 5.74) is 3.30. The largest absolute Gasteiger partial charge is 0.343 e. The first kappa shape index (κ1) is 30.3. The molecule has 1 aliphatic rings. The molecule has 0 aliphatic carbocycles. The Hall–Kier alpha value is -3.70. The van der Waals surface area contributed by atoms with Crippen LogP contribution >= 0.6 is 0 Å². The first-order chi connectivity index (χ1) is 19.7. The number of amides is 2. The molecule has 1 aromatic carbocycles. The van der Waals surface area contributed by atoms with E-state index in [1.54, 1.807) is 25.2 Å². The fourth-order valence-corrected chi connectivity index (χ4v) is 5.41. The molecule has 3 N–H and O–H groups in total. The second kappa shape index (κ2) is 13.8. The lowest BCUT2D eigenvalue weighted by Gasteiger charge is -2.30. The van der Waals surface area contributed by atoms with Crippen LogP contribution in [0.2, 0.25) is 0 Å². The van der Waals surface area contributed by atoms with Gasteiger partial charge in [0.1, 0.15) is 30.0 Å². The Morgan fingerprint density at radius 2 is 1.93 bits per heavy atom. The third-order valence-corrected chi connectivity index (χ3v) is 7.91. The molecule has 1 fully saturated rings. The molecule has 1 saturated heterocycles. The quantitative estimate of drug-likeness (QED) is 0.271. The number of fused-ring (bicyclic) bond motifs is 1. The van der Waals surface area contributed by atoms with Crippen molar-refractivity contribution < 1.29 is 14.4 Å². The number of aromatic nitrogens is 4. The van der Waals surface area contributed by atoms with Gasteiger partial charge in [0.15, 0.2) is 5.65 Å². The Bertz CT molecular complexity index is 1330. The molecule has 0 radical (unpaired) electrons. The molecule has 4 atom stereocenters. The van der Waals surface area contributed by atoms with Crippen LogP contribution in [-0.2, 0) is 14.4 Å². The van der Waals surface area contributed by atoms with E-state index in [0.29, 0.717) is 24.9 Å². The van der Waals surface area contributed by atoms with E-state index in [4.69, 9.17) is 4.98 Å². The maximum absolute atomic E-state index is 13.1. The van der Waals surface area contributed by atoms with Gasteiger partial charge in [0, 0.05) is 31.1 Å². The predicted molar refractivity (Wildman–Crippen MR) is 158 cm³/mol. The van der Waals surface area contributed by atoms with E-state index >= 15 is 0 Å². The average molecular weight is 563 g/mol. The number of nitrogens with zero attached hydrogens (tertiary/aromatic N) is 5. The van der Waals surface area contributed by atoms with Gasteiger partial charge in [0.2, 0.25) is 11.8 Å². The first-order valence-corrected chi connectivity index (χ1v) is 14.4. The van der Waals surface area contributed by atoms with E-state index in [-0.39, 0.29) is 36.4 Å². The lowest BCUT2D eigenvalue weighted by molar-refractivity contribution is -0.134. The summed E-state index contributed by atoms with van der Waals surface area (Å²) in [5, 5.41) is 5.62. The van der Waals surface area contributed by atoms with E-state index < -0.39 is 12.1 Å². The number of aromatic amines is 1. The molecular weight excluding hydrogens is 520 g/mol. The lowest BCUT2D eigenvalue weighted by atomic mass is 10.1. The van der Waals surface area contributed by atoms with Crippen molar-refractivity contribution in [3.63, 3.8) is 0 Å². The summed E-state index contributed by atoms with van der Waals surface area (Å²) in [6.07, 6.45) is 5.27. The fourth-order valence-electron chi connectivity index (χ4n) is 5.41. The predicted octanol–water partition coefficient (Wildman–Crippen LogP) is 2.71. The number of likely N-dealkylation sites (tertiary alicyclic amines) is 1. The molecule has 3 aromatic rings. The maximum Gasteiger partial charge on any atom is 0.237 e. The van der Waals surface area contributed by atoms with Gasteiger partial charge in [-0.25, -0.2) is 15.0 Å². The van der Waals surface area contributed by atoms with Crippen LogP contribution in [0.4, 0.5) is 0 Å². The van der Waals surface area contributed by atoms with Gasteiger partial charge in [-0.3, -0.25) is 14.5 Å². The van der Waals surface area contributed by atoms with Crippen LogP contribution in [0, 0.1) is 5.92 Å². The number of hydrogen-bond acceptors (Lipinski definition) is 8. The number of carbonyl (C=O) groups is 3. The second-order valence-electron chi connectivity index (χ2n) is 11.3. The van der Waals surface area contributed by atoms with Crippen molar-refractivity contribution >= 4 is 29.3 Å². The number of imidazole rings is 1. The molecule has 41 heavy (non-hydrogen) atoms. The zero-order valence-electron chi connectivity index (χ0n) is 24.6. The van der Waals surface area contributed by atoms with Crippen LogP contribution in [0.5, 0.6) is 0 Å². The molecule has 1 aliphatic heterocycles. The highest BCUT2D eigenvalue weighted by Crippen LogP contribution is 2.36. The summed E-state index contributed by atoms with van der Waals surface area (Å²) in [5.74, 6) is 0.765. The SMILES string of the molecule is CNC(C)C(=O)NC(C=O)CN(CCC1CCC(c2nc3ncnc(-c4ccccc4)c3[nH]2)N1C)C(=O)CC(C)C. The second-order valence-corrected chi connectivity index (χ2v) is 11.3. The molecular formula is C30H42N8O3. The van der Waals surface area contributed by atoms with Crippen molar-refractivity contribution in [1.29, 1.82) is 0 Å². The van der Waals surface area contributed by atoms with E-state index in [2.05, 4.69) is 37.5 Å². The van der Waals surface area contributed by atoms with Crippen molar-refractivity contribution in [2.45, 2.75) is 70.6 Å². The minimum Gasteiger partial charge on any atom is -0.343 e. The van der Waals surface area contributed by atoms with Crippen LogP contribution in [0.1, 0.15) is 58.3 Å². The average Bonchev–Trinajstić information content (AvgIpc) is 3.56. The summed E-state index contributed by atoms with van der Waals surface area (Å²) in [6, 6.07) is 9.11. The highest BCUT2D eigenvalue weighted by atomic mass is 16.2. The molecule has 4 unspecified atom stereocenters. The Morgan fingerprint density at radius 3 is 2.61 bits per heavy atom. The van der Waals surface area contributed by atoms with Gasteiger partial charge in [-0.2, -0.15) is 0 Å². The van der Waals surface area contributed by atoms with Gasteiger partial charge in [0.05, 0.1) is 17.8 Å². The normalized spacial score (nSPS) is 18.9. The van der Waals surface area contributed by atoms with Crippen molar-refractivity contribution in [2.24, 2.45) is 5.92 Å². The molecule has 0 bridgehead atoms. The van der Waals surface area contributed by atoms with Gasteiger partial charge in [-0.1, -0.05) is 44.2 Å². The molecule has 0 spiro atoms. The standard InChI is InChI=1S/C30H42N8O3/c1-19(2)15-25(40)38(16-22(17-39)34-30(41)20(3)31-4)14-13-23-11-12-24(37(23)5)28-35-27-26(21-9-7-6-8-10-21)32-18-33-29(27)36-28/h6-10,17-20,22-24,31H,11-16H2,1-5H3,(H,34,41)(H,32,33,35,36). The van der Waals surface area contributed by atoms with Crippen molar-refractivity contribution in [3.05, 3.63) is 42.5 Å². The first-order valence-electron chi connectivity index (χ1n) is 14.4. The van der Waals surface area contributed by atoms with E-state index in [0.717, 1.165) is 41.9 Å². The number of carbonyl (C=O) groups excluding carboxylic acids is 3. The Morgan fingerprint density at radius 1 is 1.17 bits per heavy atom. The number of likely N-dealkylation sites (N-methyl/N-ethyl adjacent to an activating group) is 1. The highest BCUT2D eigenvalue weighted by molar-refractivity contribution is 5.87. The summed E-state index contributed by atoms with van der Waals surface area (Å²) < 4.78 is 0. The summed E-state index contributed by atoms with van der Waals surface area (Å²) in [4.78, 5) is 58.6. The van der Waals surface area contributed by atoms with Crippen molar-refractivity contribution in [3.8, 4) is 11.3 Å². The smallest absolute Gasteiger partial charge is 0.237 e. The van der Waals surface area contributed by atoms with Crippen LogP contribution < -0.4 is 10.6 Å². The molecule has 2 aromatic heterocycles. The number of H-pyrrole nitrogens is 1. The van der Waals surface area contributed by atoms with Crippen LogP contribution in [0.25, 0.3) is 22.4 Å². The van der Waals surface area contributed by atoms with E-state index in [1.165, 1.54) is 0 Å². The molecule has 220 valence electrons. The molecule has 3 heterocycles. The van der Waals surface area contributed by atoms with Gasteiger partial charge >= 0.3 is 0 Å².